The summed E-state index contributed by atoms with van der Waals surface area (Å²) in [6.45, 7) is 8.00. The van der Waals surface area contributed by atoms with Crippen LogP contribution in [0.1, 0.15) is 52.0 Å². The molecule has 0 aliphatic rings. The van der Waals surface area contributed by atoms with Crippen LogP contribution in [0.25, 0.3) is 0 Å². The average Bonchev–Trinajstić information content (AvgIpc) is 2.78. The highest BCUT2D eigenvalue weighted by molar-refractivity contribution is 5.04. The molecule has 1 N–H and O–H groups in total. The lowest BCUT2D eigenvalue weighted by Crippen LogP contribution is -2.31. The van der Waals surface area contributed by atoms with Gasteiger partial charge in [-0.1, -0.05) is 27.2 Å². The van der Waals surface area contributed by atoms with Crippen molar-refractivity contribution in [3.63, 3.8) is 0 Å². The van der Waals surface area contributed by atoms with Crippen LogP contribution in [0.4, 0.5) is 0 Å². The molecule has 0 aliphatic carbocycles. The van der Waals surface area contributed by atoms with Gasteiger partial charge in [0.2, 0.25) is 0 Å². The maximum atomic E-state index is 4.23. The number of aryl methyl sites for hydroxylation is 2. The van der Waals surface area contributed by atoms with Crippen LogP contribution in [0.15, 0.2) is 12.4 Å². The number of hydrogen-bond donors (Lipinski definition) is 1. The van der Waals surface area contributed by atoms with E-state index in [1.54, 1.807) is 0 Å². The zero-order valence-corrected chi connectivity index (χ0v) is 12.4. The summed E-state index contributed by atoms with van der Waals surface area (Å²) in [4.78, 5) is 0. The topological polar surface area (TPSA) is 29.9 Å². The van der Waals surface area contributed by atoms with Crippen LogP contribution in [-0.4, -0.2) is 22.4 Å². The maximum Gasteiger partial charge on any atom is 0.0521 e. The zero-order valence-electron chi connectivity index (χ0n) is 12.4. The Morgan fingerprint density at radius 3 is 2.72 bits per heavy atom. The summed E-state index contributed by atoms with van der Waals surface area (Å²) >= 11 is 0. The minimum atomic E-state index is 0.653. The van der Waals surface area contributed by atoms with Gasteiger partial charge < -0.3 is 5.32 Å². The van der Waals surface area contributed by atoms with Gasteiger partial charge in [0.1, 0.15) is 0 Å². The third kappa shape index (κ3) is 5.67. The van der Waals surface area contributed by atoms with E-state index < -0.39 is 0 Å². The number of aromatic nitrogens is 2. The van der Waals surface area contributed by atoms with Gasteiger partial charge in [-0.05, 0) is 43.7 Å². The van der Waals surface area contributed by atoms with Crippen LogP contribution in [-0.2, 0) is 13.5 Å². The molecule has 0 amide bonds. The predicted octanol–water partition coefficient (Wildman–Crippen LogP) is 3.16. The quantitative estimate of drug-likeness (QED) is 0.730. The fourth-order valence-corrected chi connectivity index (χ4v) is 2.25. The van der Waals surface area contributed by atoms with Gasteiger partial charge in [-0.25, -0.2) is 0 Å². The molecule has 0 spiro atoms. The first-order valence-corrected chi connectivity index (χ1v) is 7.36. The first-order chi connectivity index (χ1) is 8.65. The summed E-state index contributed by atoms with van der Waals surface area (Å²) in [6, 6.07) is 0.653. The third-order valence-electron chi connectivity index (χ3n) is 3.61. The highest BCUT2D eigenvalue weighted by atomic mass is 15.2. The van der Waals surface area contributed by atoms with E-state index >= 15 is 0 Å². The molecule has 3 heteroatoms. The molecule has 104 valence electrons. The van der Waals surface area contributed by atoms with E-state index in [2.05, 4.69) is 37.4 Å². The normalized spacial score (nSPS) is 14.7. The number of nitrogens with zero attached hydrogens (tertiary/aromatic N) is 2. The summed E-state index contributed by atoms with van der Waals surface area (Å²) in [5.41, 5.74) is 1.35. The van der Waals surface area contributed by atoms with Gasteiger partial charge in [0.25, 0.3) is 0 Å². The lowest BCUT2D eigenvalue weighted by molar-refractivity contribution is 0.377. The summed E-state index contributed by atoms with van der Waals surface area (Å²) in [6.07, 6.45) is 10.2. The average molecular weight is 251 g/mol. The molecule has 2 unspecified atom stereocenters. The van der Waals surface area contributed by atoms with E-state index in [0.717, 1.165) is 18.9 Å². The van der Waals surface area contributed by atoms with E-state index in [1.807, 2.05) is 17.9 Å². The molecule has 2 atom stereocenters. The molecule has 1 aromatic rings. The van der Waals surface area contributed by atoms with Crippen molar-refractivity contribution >= 4 is 0 Å². The van der Waals surface area contributed by atoms with Gasteiger partial charge in [0.15, 0.2) is 0 Å². The lowest BCUT2D eigenvalue weighted by atomic mass is 9.95. The summed E-state index contributed by atoms with van der Waals surface area (Å²) < 4.78 is 1.89. The Morgan fingerprint density at radius 2 is 2.17 bits per heavy atom. The molecule has 0 aliphatic heterocycles. The van der Waals surface area contributed by atoms with Crippen molar-refractivity contribution in [3.05, 3.63) is 18.0 Å². The summed E-state index contributed by atoms with van der Waals surface area (Å²) in [5.74, 6) is 0.813. The Balaban J connectivity index is 2.39. The van der Waals surface area contributed by atoms with E-state index in [0.29, 0.717) is 6.04 Å². The second-order valence-corrected chi connectivity index (χ2v) is 5.46. The minimum Gasteiger partial charge on any atom is -0.314 e. The Morgan fingerprint density at radius 1 is 1.39 bits per heavy atom. The van der Waals surface area contributed by atoms with Crippen molar-refractivity contribution < 1.29 is 0 Å². The predicted molar refractivity (Wildman–Crippen MR) is 77.7 cm³/mol. The van der Waals surface area contributed by atoms with Crippen LogP contribution in [0.5, 0.6) is 0 Å². The van der Waals surface area contributed by atoms with Crippen LogP contribution < -0.4 is 5.32 Å². The lowest BCUT2D eigenvalue weighted by Gasteiger charge is -2.21. The molecule has 0 saturated heterocycles. The number of nitrogens with one attached hydrogen (secondary N) is 1. The second kappa shape index (κ2) is 8.30. The maximum absolute atomic E-state index is 4.23. The Kier molecular flexibility index (Phi) is 7.02. The van der Waals surface area contributed by atoms with E-state index in [9.17, 15) is 0 Å². The highest BCUT2D eigenvalue weighted by Crippen LogP contribution is 2.14. The number of hydrogen-bond acceptors (Lipinski definition) is 2. The molecular formula is C15H29N3. The standard InChI is InChI=1S/C15H29N3/c1-5-9-16-15(10-13(3)6-2)8-7-14-11-17-18(4)12-14/h11-13,15-16H,5-10H2,1-4H3. The van der Waals surface area contributed by atoms with Gasteiger partial charge in [0.05, 0.1) is 6.20 Å². The summed E-state index contributed by atoms with van der Waals surface area (Å²) in [7, 11) is 1.98. The molecule has 0 saturated carbocycles. The van der Waals surface area contributed by atoms with Gasteiger partial charge in [-0.3, -0.25) is 4.68 Å². The Labute approximate surface area is 112 Å². The number of rotatable bonds is 9. The van der Waals surface area contributed by atoms with Crippen molar-refractivity contribution in [2.45, 2.75) is 58.9 Å². The SMILES string of the molecule is CCCNC(CCc1cnn(C)c1)CC(C)CC. The van der Waals surface area contributed by atoms with E-state index in [-0.39, 0.29) is 0 Å². The minimum absolute atomic E-state index is 0.653. The van der Waals surface area contributed by atoms with Crippen LogP contribution >= 0.6 is 0 Å². The molecule has 0 aromatic carbocycles. The van der Waals surface area contributed by atoms with E-state index in [1.165, 1.54) is 31.2 Å². The molecule has 1 aromatic heterocycles. The molecule has 1 rings (SSSR count). The first-order valence-electron chi connectivity index (χ1n) is 7.36. The van der Waals surface area contributed by atoms with Gasteiger partial charge >= 0.3 is 0 Å². The van der Waals surface area contributed by atoms with Crippen molar-refractivity contribution in [2.24, 2.45) is 13.0 Å². The molecule has 0 bridgehead atoms. The molecule has 0 radical (unpaired) electrons. The van der Waals surface area contributed by atoms with Gasteiger partial charge in [-0.2, -0.15) is 5.10 Å². The largest absolute Gasteiger partial charge is 0.314 e. The first kappa shape index (κ1) is 15.2. The van der Waals surface area contributed by atoms with Crippen LogP contribution in [0.3, 0.4) is 0 Å². The van der Waals surface area contributed by atoms with E-state index in [4.69, 9.17) is 0 Å². The fourth-order valence-electron chi connectivity index (χ4n) is 2.25. The summed E-state index contributed by atoms with van der Waals surface area (Å²) in [5, 5.41) is 7.91. The molecular weight excluding hydrogens is 222 g/mol. The molecule has 3 nitrogen and oxygen atoms in total. The highest BCUT2D eigenvalue weighted by Gasteiger charge is 2.12. The van der Waals surface area contributed by atoms with Crippen molar-refractivity contribution in [3.8, 4) is 0 Å². The zero-order chi connectivity index (χ0) is 13.4. The van der Waals surface area contributed by atoms with Crippen molar-refractivity contribution in [1.82, 2.24) is 15.1 Å². The van der Waals surface area contributed by atoms with Gasteiger partial charge in [-0.15, -0.1) is 0 Å². The smallest absolute Gasteiger partial charge is 0.0521 e. The molecule has 18 heavy (non-hydrogen) atoms. The Hall–Kier alpha value is -0.830. The fraction of sp³-hybridized carbons (Fsp3) is 0.800. The van der Waals surface area contributed by atoms with Crippen LogP contribution in [0.2, 0.25) is 0 Å². The Bertz CT molecular complexity index is 319. The van der Waals surface area contributed by atoms with Crippen LogP contribution in [0, 0.1) is 5.92 Å². The van der Waals surface area contributed by atoms with Crippen molar-refractivity contribution in [2.75, 3.05) is 6.54 Å². The van der Waals surface area contributed by atoms with Gasteiger partial charge in [0, 0.05) is 19.3 Å². The molecule has 0 fully saturated rings. The second-order valence-electron chi connectivity index (χ2n) is 5.46. The molecule has 1 heterocycles. The third-order valence-corrected chi connectivity index (χ3v) is 3.61. The van der Waals surface area contributed by atoms with Crippen molar-refractivity contribution in [1.29, 1.82) is 0 Å². The monoisotopic (exact) mass is 251 g/mol.